The molecule has 100 valence electrons. The predicted octanol–water partition coefficient (Wildman–Crippen LogP) is 3.20. The Hall–Kier alpha value is -0.860. The molecule has 0 aromatic heterocycles. The number of hydrogen-bond acceptors (Lipinski definition) is 2. The summed E-state index contributed by atoms with van der Waals surface area (Å²) in [6.45, 7) is 3.33. The Kier molecular flexibility index (Phi) is 4.79. The first kappa shape index (κ1) is 13.6. The van der Waals surface area contributed by atoms with E-state index in [9.17, 15) is 0 Å². The van der Waals surface area contributed by atoms with Gasteiger partial charge in [0.1, 0.15) is 0 Å². The van der Waals surface area contributed by atoms with E-state index in [4.69, 9.17) is 5.73 Å². The lowest BCUT2D eigenvalue weighted by molar-refractivity contribution is 0.162. The molecule has 1 aliphatic carbocycles. The molecule has 1 unspecified atom stereocenters. The van der Waals surface area contributed by atoms with Crippen molar-refractivity contribution in [2.75, 3.05) is 13.6 Å². The molecule has 1 saturated carbocycles. The van der Waals surface area contributed by atoms with E-state index in [-0.39, 0.29) is 6.04 Å². The smallest absolute Gasteiger partial charge is 0.0424 e. The Morgan fingerprint density at radius 3 is 2.39 bits per heavy atom. The third-order valence-corrected chi connectivity index (χ3v) is 4.32. The molecule has 1 aliphatic rings. The molecule has 1 aromatic rings. The van der Waals surface area contributed by atoms with Gasteiger partial charge in [0.15, 0.2) is 0 Å². The number of nitrogens with two attached hydrogens (primary N) is 1. The molecule has 18 heavy (non-hydrogen) atoms. The molecule has 0 bridgehead atoms. The molecule has 1 aromatic carbocycles. The largest absolute Gasteiger partial charge is 0.323 e. The summed E-state index contributed by atoms with van der Waals surface area (Å²) >= 11 is 0. The van der Waals surface area contributed by atoms with Crippen molar-refractivity contribution in [3.8, 4) is 0 Å². The van der Waals surface area contributed by atoms with Gasteiger partial charge in [0, 0.05) is 18.6 Å². The van der Waals surface area contributed by atoms with Gasteiger partial charge in [0.05, 0.1) is 0 Å². The highest BCUT2D eigenvalue weighted by Crippen LogP contribution is 2.27. The summed E-state index contributed by atoms with van der Waals surface area (Å²) in [7, 11) is 2.23. The lowest BCUT2D eigenvalue weighted by Crippen LogP contribution is -2.39. The fourth-order valence-electron chi connectivity index (χ4n) is 2.95. The highest BCUT2D eigenvalue weighted by atomic mass is 15.1. The highest BCUT2D eigenvalue weighted by Gasteiger charge is 2.22. The van der Waals surface area contributed by atoms with Crippen LogP contribution in [0, 0.1) is 5.92 Å². The minimum Gasteiger partial charge on any atom is -0.323 e. The molecule has 2 nitrogen and oxygen atoms in total. The third-order valence-electron chi connectivity index (χ3n) is 4.32. The van der Waals surface area contributed by atoms with Crippen LogP contribution in [0.15, 0.2) is 30.3 Å². The Labute approximate surface area is 111 Å². The number of likely N-dealkylation sites (N-methyl/N-ethyl adjacent to an activating group) is 1. The van der Waals surface area contributed by atoms with Gasteiger partial charge in [0.25, 0.3) is 0 Å². The van der Waals surface area contributed by atoms with Crippen LogP contribution in [0.4, 0.5) is 0 Å². The van der Waals surface area contributed by atoms with Crippen molar-refractivity contribution in [3.05, 3.63) is 35.9 Å². The van der Waals surface area contributed by atoms with Crippen LogP contribution in [0.3, 0.4) is 0 Å². The van der Waals surface area contributed by atoms with Gasteiger partial charge in [-0.05, 0) is 44.2 Å². The number of nitrogens with zero attached hydrogens (tertiary/aromatic N) is 1. The van der Waals surface area contributed by atoms with Crippen molar-refractivity contribution in [2.45, 2.75) is 44.7 Å². The summed E-state index contributed by atoms with van der Waals surface area (Å²) in [6, 6.07) is 11.3. The zero-order valence-corrected chi connectivity index (χ0v) is 11.7. The van der Waals surface area contributed by atoms with E-state index in [1.165, 1.54) is 31.2 Å². The van der Waals surface area contributed by atoms with Crippen molar-refractivity contribution in [1.29, 1.82) is 0 Å². The normalized spacial score (nSPS) is 26.2. The van der Waals surface area contributed by atoms with Gasteiger partial charge in [0.2, 0.25) is 0 Å². The summed E-state index contributed by atoms with van der Waals surface area (Å²) in [5.41, 5.74) is 7.53. The molecule has 2 rings (SSSR count). The molecular formula is C16H26N2. The molecule has 1 atom stereocenters. The van der Waals surface area contributed by atoms with Crippen molar-refractivity contribution >= 4 is 0 Å². The van der Waals surface area contributed by atoms with E-state index in [2.05, 4.69) is 43.1 Å². The standard InChI is InChI=1S/C16H26N2/c1-13-8-10-15(11-9-13)18(2)12-16(17)14-6-4-3-5-7-14/h3-7,13,15-16H,8-12,17H2,1-2H3. The first-order valence-electron chi connectivity index (χ1n) is 7.17. The van der Waals surface area contributed by atoms with Crippen molar-refractivity contribution in [3.63, 3.8) is 0 Å². The first-order chi connectivity index (χ1) is 8.66. The summed E-state index contributed by atoms with van der Waals surface area (Å²) in [5.74, 6) is 0.914. The van der Waals surface area contributed by atoms with Crippen LogP contribution in [0.2, 0.25) is 0 Å². The lowest BCUT2D eigenvalue weighted by atomic mass is 9.86. The number of benzene rings is 1. The number of rotatable bonds is 4. The van der Waals surface area contributed by atoms with Gasteiger partial charge in [-0.25, -0.2) is 0 Å². The van der Waals surface area contributed by atoms with Crippen LogP contribution in [-0.4, -0.2) is 24.5 Å². The maximum absolute atomic E-state index is 6.29. The minimum atomic E-state index is 0.135. The van der Waals surface area contributed by atoms with E-state index in [1.807, 2.05) is 6.07 Å². The van der Waals surface area contributed by atoms with Crippen molar-refractivity contribution in [1.82, 2.24) is 4.90 Å². The van der Waals surface area contributed by atoms with Crippen LogP contribution >= 0.6 is 0 Å². The fourth-order valence-corrected chi connectivity index (χ4v) is 2.95. The second-order valence-corrected chi connectivity index (χ2v) is 5.87. The topological polar surface area (TPSA) is 29.3 Å². The van der Waals surface area contributed by atoms with Crippen molar-refractivity contribution in [2.24, 2.45) is 11.7 Å². The van der Waals surface area contributed by atoms with Crippen LogP contribution in [-0.2, 0) is 0 Å². The van der Waals surface area contributed by atoms with Gasteiger partial charge in [-0.1, -0.05) is 37.3 Å². The molecule has 0 radical (unpaired) electrons. The van der Waals surface area contributed by atoms with E-state index in [0.717, 1.165) is 18.5 Å². The van der Waals surface area contributed by atoms with E-state index in [0.29, 0.717) is 0 Å². The van der Waals surface area contributed by atoms with Gasteiger partial charge in [-0.15, -0.1) is 0 Å². The second-order valence-electron chi connectivity index (χ2n) is 5.87. The van der Waals surface area contributed by atoms with Crippen molar-refractivity contribution < 1.29 is 0 Å². The number of hydrogen-bond donors (Lipinski definition) is 1. The van der Waals surface area contributed by atoms with Gasteiger partial charge in [-0.3, -0.25) is 0 Å². The molecule has 1 fully saturated rings. The quantitative estimate of drug-likeness (QED) is 0.884. The van der Waals surface area contributed by atoms with E-state index in [1.54, 1.807) is 0 Å². The summed E-state index contributed by atoms with van der Waals surface area (Å²) in [4.78, 5) is 2.46. The SMILES string of the molecule is CC1CCC(N(C)CC(N)c2ccccc2)CC1. The zero-order chi connectivity index (χ0) is 13.0. The van der Waals surface area contributed by atoms with E-state index >= 15 is 0 Å². The van der Waals surface area contributed by atoms with Crippen LogP contribution in [0.25, 0.3) is 0 Å². The monoisotopic (exact) mass is 246 g/mol. The average molecular weight is 246 g/mol. The van der Waals surface area contributed by atoms with Crippen LogP contribution in [0.1, 0.15) is 44.2 Å². The van der Waals surface area contributed by atoms with Gasteiger partial charge < -0.3 is 10.6 Å². The summed E-state index contributed by atoms with van der Waals surface area (Å²) in [5, 5.41) is 0. The summed E-state index contributed by atoms with van der Waals surface area (Å²) in [6.07, 6.45) is 5.41. The third kappa shape index (κ3) is 3.56. The highest BCUT2D eigenvalue weighted by molar-refractivity contribution is 5.18. The average Bonchev–Trinajstić information content (AvgIpc) is 2.40. The molecule has 2 N–H and O–H groups in total. The Morgan fingerprint density at radius 1 is 1.17 bits per heavy atom. The van der Waals surface area contributed by atoms with Crippen LogP contribution < -0.4 is 5.73 Å². The molecule has 0 amide bonds. The first-order valence-corrected chi connectivity index (χ1v) is 7.17. The molecule has 0 aliphatic heterocycles. The maximum atomic E-state index is 6.29. The molecule has 0 saturated heterocycles. The zero-order valence-electron chi connectivity index (χ0n) is 11.7. The Morgan fingerprint density at radius 2 is 1.78 bits per heavy atom. The summed E-state index contributed by atoms with van der Waals surface area (Å²) < 4.78 is 0. The predicted molar refractivity (Wildman–Crippen MR) is 77.4 cm³/mol. The lowest BCUT2D eigenvalue weighted by Gasteiger charge is -2.35. The molecule has 2 heteroatoms. The molecule has 0 spiro atoms. The van der Waals surface area contributed by atoms with E-state index < -0.39 is 0 Å². The van der Waals surface area contributed by atoms with Gasteiger partial charge >= 0.3 is 0 Å². The fraction of sp³-hybridized carbons (Fsp3) is 0.625. The Bertz CT molecular complexity index is 341. The Balaban J connectivity index is 1.85. The minimum absolute atomic E-state index is 0.135. The molecule has 0 heterocycles. The van der Waals surface area contributed by atoms with Gasteiger partial charge in [-0.2, -0.15) is 0 Å². The maximum Gasteiger partial charge on any atom is 0.0424 e. The van der Waals surface area contributed by atoms with Crippen LogP contribution in [0.5, 0.6) is 0 Å². The second kappa shape index (κ2) is 6.35. The molecular weight excluding hydrogens is 220 g/mol.